The Balaban J connectivity index is 2.18. The molecule has 2 aromatic rings. The second kappa shape index (κ2) is 3.33. The molecule has 7 nitrogen and oxygen atoms in total. The zero-order valence-electron chi connectivity index (χ0n) is 9.15. The lowest BCUT2D eigenvalue weighted by Gasteiger charge is -2.13. The Hall–Kier alpha value is -2.83. The first-order valence-corrected chi connectivity index (χ1v) is 5.38. The molecule has 0 bridgehead atoms. The minimum Gasteiger partial charge on any atom is -0.244 e. The van der Waals surface area contributed by atoms with Crippen LogP contribution in [0.15, 0.2) is 52.2 Å². The van der Waals surface area contributed by atoms with Gasteiger partial charge >= 0.3 is 0 Å². The van der Waals surface area contributed by atoms with Crippen LogP contribution in [0.5, 0.6) is 0 Å². The van der Waals surface area contributed by atoms with Crippen molar-refractivity contribution in [2.75, 3.05) is 5.01 Å². The van der Waals surface area contributed by atoms with E-state index >= 15 is 0 Å². The Labute approximate surface area is 101 Å². The van der Waals surface area contributed by atoms with E-state index in [9.17, 15) is 0 Å². The van der Waals surface area contributed by atoms with Crippen molar-refractivity contribution in [2.24, 2.45) is 15.4 Å². The average Bonchev–Trinajstić information content (AvgIpc) is 2.84. The van der Waals surface area contributed by atoms with Crippen LogP contribution in [0.25, 0.3) is 5.82 Å². The van der Waals surface area contributed by atoms with Gasteiger partial charge in [0.15, 0.2) is 11.3 Å². The second-order valence-corrected chi connectivity index (χ2v) is 3.82. The van der Waals surface area contributed by atoms with E-state index in [1.54, 1.807) is 11.2 Å². The third-order valence-electron chi connectivity index (χ3n) is 2.78. The Morgan fingerprint density at radius 2 is 2.11 bits per heavy atom. The van der Waals surface area contributed by atoms with E-state index < -0.39 is 0 Å². The molecule has 0 radical (unpaired) electrons. The van der Waals surface area contributed by atoms with Crippen molar-refractivity contribution in [1.82, 2.24) is 15.4 Å². The van der Waals surface area contributed by atoms with Crippen molar-refractivity contribution in [3.05, 3.63) is 47.5 Å². The number of rotatable bonds is 0. The fourth-order valence-corrected chi connectivity index (χ4v) is 1.98. The van der Waals surface area contributed by atoms with Crippen molar-refractivity contribution in [3.8, 4) is 0 Å². The summed E-state index contributed by atoms with van der Waals surface area (Å²) in [5.41, 5.74) is 5.12. The Morgan fingerprint density at radius 3 is 3.11 bits per heavy atom. The second-order valence-electron chi connectivity index (χ2n) is 3.82. The quantitative estimate of drug-likeness (QED) is 0.710. The Kier molecular flexibility index (Phi) is 1.71. The zero-order valence-corrected chi connectivity index (χ0v) is 9.15. The minimum absolute atomic E-state index is 0.606. The normalized spacial score (nSPS) is 15.1. The highest BCUT2D eigenvalue weighted by molar-refractivity contribution is 5.77. The summed E-state index contributed by atoms with van der Waals surface area (Å²) in [6.45, 7) is 0. The summed E-state index contributed by atoms with van der Waals surface area (Å²) >= 11 is 0. The first kappa shape index (κ1) is 9.23. The monoisotopic (exact) mass is 237 g/mol. The van der Waals surface area contributed by atoms with Crippen LogP contribution in [-0.2, 0) is 0 Å². The van der Waals surface area contributed by atoms with Crippen LogP contribution in [0.2, 0.25) is 0 Å². The maximum Gasteiger partial charge on any atom is 0.166 e. The molecule has 0 spiro atoms. The van der Waals surface area contributed by atoms with Gasteiger partial charge in [-0.25, -0.2) is 20.4 Å². The number of aromatic nitrogens is 2. The maximum atomic E-state index is 4.53. The largest absolute Gasteiger partial charge is 0.244 e. The molecular weight excluding hydrogens is 230 g/mol. The number of anilines is 1. The molecule has 0 saturated carbocycles. The van der Waals surface area contributed by atoms with Crippen molar-refractivity contribution in [1.29, 1.82) is 0 Å². The van der Waals surface area contributed by atoms with Gasteiger partial charge in [-0.1, -0.05) is 12.1 Å². The van der Waals surface area contributed by atoms with Gasteiger partial charge in [0.25, 0.3) is 0 Å². The molecule has 0 fully saturated rings. The van der Waals surface area contributed by atoms with E-state index in [-0.39, 0.29) is 0 Å². The number of hydrogen-bond donors (Lipinski definition) is 1. The third-order valence-corrected chi connectivity index (χ3v) is 2.78. The van der Waals surface area contributed by atoms with Gasteiger partial charge in [-0.15, -0.1) is 0 Å². The van der Waals surface area contributed by atoms with Gasteiger partial charge in [0, 0.05) is 6.20 Å². The summed E-state index contributed by atoms with van der Waals surface area (Å²) in [5, 5.41) is 10.4. The first-order valence-electron chi connectivity index (χ1n) is 5.38. The van der Waals surface area contributed by atoms with Gasteiger partial charge in [0.05, 0.1) is 16.6 Å². The SMILES string of the molecule is c1ccc2c(c1)N=c1ncncc1=C1NN=NN12. The molecule has 1 aromatic carbocycles. The van der Waals surface area contributed by atoms with E-state index in [0.29, 0.717) is 5.49 Å². The number of hydrogen-bond acceptors (Lipinski definition) is 7. The molecule has 7 heteroatoms. The van der Waals surface area contributed by atoms with Crippen molar-refractivity contribution >= 4 is 17.2 Å². The zero-order chi connectivity index (χ0) is 11.9. The molecule has 0 amide bonds. The summed E-state index contributed by atoms with van der Waals surface area (Å²) in [6.07, 6.45) is 3.17. The van der Waals surface area contributed by atoms with Gasteiger partial charge < -0.3 is 0 Å². The lowest BCUT2D eigenvalue weighted by molar-refractivity contribution is 0.937. The van der Waals surface area contributed by atoms with Gasteiger partial charge in [-0.3, -0.25) is 0 Å². The number of nitrogens with zero attached hydrogens (tertiary/aromatic N) is 6. The van der Waals surface area contributed by atoms with Gasteiger partial charge in [-0.05, 0) is 22.6 Å². The highest BCUT2D eigenvalue weighted by atomic mass is 15.7. The van der Waals surface area contributed by atoms with Crippen LogP contribution >= 0.6 is 0 Å². The molecule has 1 N–H and O–H groups in total. The number of benzene rings is 1. The average molecular weight is 237 g/mol. The fraction of sp³-hybridized carbons (Fsp3) is 0. The maximum absolute atomic E-state index is 4.53. The summed E-state index contributed by atoms with van der Waals surface area (Å²) in [4.78, 5) is 12.7. The highest BCUT2D eigenvalue weighted by Gasteiger charge is 2.23. The topological polar surface area (TPSA) is 78.1 Å². The molecule has 2 aliphatic heterocycles. The van der Waals surface area contributed by atoms with Crippen LogP contribution in [-0.4, -0.2) is 9.97 Å². The molecule has 0 atom stereocenters. The molecule has 4 rings (SSSR count). The molecule has 0 unspecified atom stereocenters. The molecular formula is C11H7N7. The van der Waals surface area contributed by atoms with Gasteiger partial charge in [-0.2, -0.15) is 5.01 Å². The molecule has 0 aliphatic carbocycles. The van der Waals surface area contributed by atoms with E-state index in [1.807, 2.05) is 24.3 Å². The number of nitrogens with one attached hydrogen (secondary N) is 1. The molecule has 18 heavy (non-hydrogen) atoms. The molecule has 3 heterocycles. The Bertz CT molecular complexity index is 780. The van der Waals surface area contributed by atoms with Crippen LogP contribution in [0.4, 0.5) is 11.4 Å². The van der Waals surface area contributed by atoms with Gasteiger partial charge in [0.1, 0.15) is 6.33 Å². The van der Waals surface area contributed by atoms with Crippen LogP contribution < -0.4 is 21.1 Å². The van der Waals surface area contributed by atoms with Gasteiger partial charge in [0.2, 0.25) is 0 Å². The molecule has 1 aromatic heterocycles. The Morgan fingerprint density at radius 1 is 1.17 bits per heavy atom. The molecule has 0 saturated heterocycles. The smallest absolute Gasteiger partial charge is 0.166 e. The summed E-state index contributed by atoms with van der Waals surface area (Å²) < 4.78 is 0. The van der Waals surface area contributed by atoms with Crippen LogP contribution in [0.3, 0.4) is 0 Å². The lowest BCUT2D eigenvalue weighted by Crippen LogP contribution is -2.35. The molecule has 2 aliphatic rings. The summed E-state index contributed by atoms with van der Waals surface area (Å²) in [5.74, 6) is 0.722. The summed E-state index contributed by atoms with van der Waals surface area (Å²) in [6, 6.07) is 7.71. The third kappa shape index (κ3) is 1.15. The predicted molar refractivity (Wildman–Crippen MR) is 62.8 cm³/mol. The van der Waals surface area contributed by atoms with E-state index in [2.05, 4.69) is 30.8 Å². The minimum atomic E-state index is 0.606. The number of fused-ring (bicyclic) bond motifs is 4. The standard InChI is InChI=1S/C11H7N7/c1-2-4-9-8(3-1)14-10-7(5-12-6-13-10)11-15-16-17-18(9)11/h1-6H,(H,15,17). The van der Waals surface area contributed by atoms with E-state index in [0.717, 1.165) is 22.4 Å². The molecule has 86 valence electrons. The highest BCUT2D eigenvalue weighted by Crippen LogP contribution is 2.32. The van der Waals surface area contributed by atoms with E-state index in [1.165, 1.54) is 6.33 Å². The predicted octanol–water partition coefficient (Wildman–Crippen LogP) is 0.199. The van der Waals surface area contributed by atoms with Crippen molar-refractivity contribution < 1.29 is 0 Å². The van der Waals surface area contributed by atoms with Crippen molar-refractivity contribution in [3.63, 3.8) is 0 Å². The number of para-hydroxylation sites is 2. The lowest BCUT2D eigenvalue weighted by atomic mass is 10.2. The van der Waals surface area contributed by atoms with Crippen LogP contribution in [0.1, 0.15) is 0 Å². The van der Waals surface area contributed by atoms with Crippen LogP contribution in [0, 0.1) is 0 Å². The fourth-order valence-electron chi connectivity index (χ4n) is 1.98. The van der Waals surface area contributed by atoms with Crippen molar-refractivity contribution in [2.45, 2.75) is 0 Å². The summed E-state index contributed by atoms with van der Waals surface area (Å²) in [7, 11) is 0. The first-order chi connectivity index (χ1) is 8.93. The van der Waals surface area contributed by atoms with E-state index in [4.69, 9.17) is 0 Å².